The summed E-state index contributed by atoms with van der Waals surface area (Å²) in [5, 5.41) is 3.01. The maximum atomic E-state index is 12.4. The number of nitrogens with zero attached hydrogens (tertiary/aromatic N) is 4. The van der Waals surface area contributed by atoms with Gasteiger partial charge in [-0.05, 0) is 36.8 Å². The first-order chi connectivity index (χ1) is 13.6. The summed E-state index contributed by atoms with van der Waals surface area (Å²) >= 11 is 0. The van der Waals surface area contributed by atoms with Crippen molar-refractivity contribution in [2.45, 2.75) is 73.3 Å². The largest absolute Gasteiger partial charge is 0.366 e. The molecule has 0 aromatic carbocycles. The van der Waals surface area contributed by atoms with Gasteiger partial charge in [0.1, 0.15) is 11.6 Å². The highest BCUT2D eigenvalue weighted by Gasteiger charge is 2.22. The zero-order chi connectivity index (χ0) is 21.2. The fourth-order valence-corrected chi connectivity index (χ4v) is 3.57. The highest BCUT2D eigenvalue weighted by Crippen LogP contribution is 2.31. The van der Waals surface area contributed by atoms with Crippen molar-refractivity contribution >= 4 is 17.4 Å². The van der Waals surface area contributed by atoms with Crippen LogP contribution in [0.4, 0.5) is 11.5 Å². The number of amides is 1. The van der Waals surface area contributed by atoms with Crippen LogP contribution < -0.4 is 10.2 Å². The van der Waals surface area contributed by atoms with Crippen LogP contribution in [-0.2, 0) is 17.8 Å². The summed E-state index contributed by atoms with van der Waals surface area (Å²) in [5.74, 6) is 1.91. The third-order valence-corrected chi connectivity index (χ3v) is 5.02. The van der Waals surface area contributed by atoms with Crippen molar-refractivity contribution < 1.29 is 4.79 Å². The van der Waals surface area contributed by atoms with E-state index in [4.69, 9.17) is 4.98 Å². The van der Waals surface area contributed by atoms with Gasteiger partial charge in [-0.1, -0.05) is 34.6 Å². The standard InChI is InChI=1S/C23H33N5O/c1-15(2)21-24-12-17(13-25-21)14-28-9-7-8-18-19(28)10-16(3)22(26-18)27-20(29)11-23(4,5)6/h10,12-13,15H,7-9,11,14H2,1-6H3,(H,26,27,29). The molecule has 0 spiro atoms. The summed E-state index contributed by atoms with van der Waals surface area (Å²) in [6.45, 7) is 14.1. The molecule has 1 N–H and O–H groups in total. The monoisotopic (exact) mass is 395 g/mol. The molecule has 2 aromatic heterocycles. The lowest BCUT2D eigenvalue weighted by molar-refractivity contribution is -0.117. The molecule has 0 fully saturated rings. The van der Waals surface area contributed by atoms with Crippen LogP contribution >= 0.6 is 0 Å². The number of hydrogen-bond donors (Lipinski definition) is 1. The molecule has 6 nitrogen and oxygen atoms in total. The number of pyridine rings is 1. The molecule has 0 bridgehead atoms. The number of aryl methyl sites for hydroxylation is 2. The quantitative estimate of drug-likeness (QED) is 0.799. The molecule has 1 aliphatic heterocycles. The van der Waals surface area contributed by atoms with E-state index in [-0.39, 0.29) is 11.3 Å². The third kappa shape index (κ3) is 5.52. The van der Waals surface area contributed by atoms with Crippen molar-refractivity contribution in [3.05, 3.63) is 41.1 Å². The minimum atomic E-state index is -0.0455. The number of aromatic nitrogens is 3. The highest BCUT2D eigenvalue weighted by atomic mass is 16.1. The van der Waals surface area contributed by atoms with Gasteiger partial charge in [-0.2, -0.15) is 0 Å². The van der Waals surface area contributed by atoms with Gasteiger partial charge in [0.15, 0.2) is 0 Å². The molecule has 6 heteroatoms. The molecule has 29 heavy (non-hydrogen) atoms. The normalized spacial score (nSPS) is 14.1. The van der Waals surface area contributed by atoms with Crippen molar-refractivity contribution in [1.82, 2.24) is 15.0 Å². The number of hydrogen-bond acceptors (Lipinski definition) is 5. The molecule has 0 radical (unpaired) electrons. The Hall–Kier alpha value is -2.50. The first-order valence-electron chi connectivity index (χ1n) is 10.5. The van der Waals surface area contributed by atoms with Gasteiger partial charge in [-0.15, -0.1) is 0 Å². The maximum Gasteiger partial charge on any atom is 0.226 e. The van der Waals surface area contributed by atoms with E-state index in [1.54, 1.807) is 0 Å². The van der Waals surface area contributed by atoms with Gasteiger partial charge in [0.05, 0.1) is 11.4 Å². The Balaban J connectivity index is 1.77. The van der Waals surface area contributed by atoms with E-state index in [0.717, 1.165) is 54.3 Å². The summed E-state index contributed by atoms with van der Waals surface area (Å²) < 4.78 is 0. The summed E-state index contributed by atoms with van der Waals surface area (Å²) in [5.41, 5.74) is 4.24. The van der Waals surface area contributed by atoms with E-state index in [1.807, 2.05) is 19.3 Å². The van der Waals surface area contributed by atoms with Gasteiger partial charge in [0, 0.05) is 43.4 Å². The van der Waals surface area contributed by atoms with Gasteiger partial charge in [0.25, 0.3) is 0 Å². The van der Waals surface area contributed by atoms with Crippen LogP contribution in [0.2, 0.25) is 0 Å². The Bertz CT molecular complexity index is 868. The predicted octanol–water partition coefficient (Wildman–Crippen LogP) is 4.63. The molecule has 0 unspecified atom stereocenters. The second-order valence-electron chi connectivity index (χ2n) is 9.53. The van der Waals surface area contributed by atoms with Gasteiger partial charge < -0.3 is 10.2 Å². The minimum absolute atomic E-state index is 0.0168. The third-order valence-electron chi connectivity index (χ3n) is 5.02. The summed E-state index contributed by atoms with van der Waals surface area (Å²) in [4.78, 5) is 28.5. The number of carbonyl (C=O) groups excluding carboxylic acids is 1. The predicted molar refractivity (Wildman–Crippen MR) is 117 cm³/mol. The van der Waals surface area contributed by atoms with E-state index in [9.17, 15) is 4.79 Å². The van der Waals surface area contributed by atoms with Crippen LogP contribution in [0, 0.1) is 12.3 Å². The molecule has 3 rings (SSSR count). The van der Waals surface area contributed by atoms with Crippen molar-refractivity contribution in [3.63, 3.8) is 0 Å². The maximum absolute atomic E-state index is 12.4. The fraction of sp³-hybridized carbons (Fsp3) is 0.565. The van der Waals surface area contributed by atoms with E-state index in [0.29, 0.717) is 18.2 Å². The average Bonchev–Trinajstić information content (AvgIpc) is 2.62. The second kappa shape index (κ2) is 8.47. The molecule has 0 atom stereocenters. The van der Waals surface area contributed by atoms with E-state index in [1.165, 1.54) is 0 Å². The zero-order valence-electron chi connectivity index (χ0n) is 18.5. The number of rotatable bonds is 5. The molecule has 2 aromatic rings. The SMILES string of the molecule is Cc1cc2c(nc1NC(=O)CC(C)(C)C)CCCN2Cc1cnc(C(C)C)nc1. The molecular weight excluding hydrogens is 362 g/mol. The summed E-state index contributed by atoms with van der Waals surface area (Å²) in [6, 6.07) is 2.15. The molecule has 3 heterocycles. The van der Waals surface area contributed by atoms with Gasteiger partial charge in [-0.3, -0.25) is 4.79 Å². The van der Waals surface area contributed by atoms with Crippen LogP contribution in [0.1, 0.15) is 76.0 Å². The highest BCUT2D eigenvalue weighted by molar-refractivity contribution is 5.91. The van der Waals surface area contributed by atoms with E-state index >= 15 is 0 Å². The molecule has 1 amide bonds. The first kappa shape index (κ1) is 21.2. The van der Waals surface area contributed by atoms with Crippen molar-refractivity contribution in [1.29, 1.82) is 0 Å². The Kier molecular flexibility index (Phi) is 6.20. The minimum Gasteiger partial charge on any atom is -0.366 e. The van der Waals surface area contributed by atoms with Gasteiger partial charge >= 0.3 is 0 Å². The topological polar surface area (TPSA) is 71.0 Å². The Morgan fingerprint density at radius 3 is 2.55 bits per heavy atom. The van der Waals surface area contributed by atoms with Crippen LogP contribution in [0.25, 0.3) is 0 Å². The van der Waals surface area contributed by atoms with Crippen LogP contribution in [0.5, 0.6) is 0 Å². The van der Waals surface area contributed by atoms with Crippen molar-refractivity contribution in [2.75, 3.05) is 16.8 Å². The van der Waals surface area contributed by atoms with E-state index < -0.39 is 0 Å². The zero-order valence-corrected chi connectivity index (χ0v) is 18.5. The number of nitrogens with one attached hydrogen (secondary N) is 1. The van der Waals surface area contributed by atoms with Crippen molar-refractivity contribution in [2.24, 2.45) is 5.41 Å². The molecular formula is C23H33N5O. The lowest BCUT2D eigenvalue weighted by Gasteiger charge is -2.31. The summed E-state index contributed by atoms with van der Waals surface area (Å²) in [6.07, 6.45) is 6.31. The number of anilines is 2. The van der Waals surface area contributed by atoms with Crippen molar-refractivity contribution in [3.8, 4) is 0 Å². The average molecular weight is 396 g/mol. The van der Waals surface area contributed by atoms with E-state index in [2.05, 4.69) is 60.9 Å². The molecule has 1 aliphatic rings. The smallest absolute Gasteiger partial charge is 0.226 e. The number of fused-ring (bicyclic) bond motifs is 1. The molecule has 0 saturated carbocycles. The Morgan fingerprint density at radius 1 is 1.24 bits per heavy atom. The second-order valence-corrected chi connectivity index (χ2v) is 9.53. The summed E-state index contributed by atoms with van der Waals surface area (Å²) in [7, 11) is 0. The Labute approximate surface area is 174 Å². The van der Waals surface area contributed by atoms with Crippen LogP contribution in [0.3, 0.4) is 0 Å². The lowest BCUT2D eigenvalue weighted by Crippen LogP contribution is -2.30. The molecule has 0 aliphatic carbocycles. The first-order valence-corrected chi connectivity index (χ1v) is 10.5. The number of carbonyl (C=O) groups is 1. The lowest BCUT2D eigenvalue weighted by atomic mass is 9.92. The van der Waals surface area contributed by atoms with Gasteiger partial charge in [0.2, 0.25) is 5.91 Å². The molecule has 0 saturated heterocycles. The molecule has 156 valence electrons. The van der Waals surface area contributed by atoms with Crippen LogP contribution in [0.15, 0.2) is 18.5 Å². The Morgan fingerprint density at radius 2 is 1.93 bits per heavy atom. The fourth-order valence-electron chi connectivity index (χ4n) is 3.57. The van der Waals surface area contributed by atoms with Crippen LogP contribution in [-0.4, -0.2) is 27.4 Å². The van der Waals surface area contributed by atoms with Gasteiger partial charge in [-0.25, -0.2) is 15.0 Å².